The maximum absolute atomic E-state index is 3.64. The molecule has 0 atom stereocenters. The second kappa shape index (κ2) is 3.04. The highest BCUT2D eigenvalue weighted by atomic mass is 32.2. The second-order valence-corrected chi connectivity index (χ2v) is 2.25. The Bertz CT molecular complexity index is 64.3. The summed E-state index contributed by atoms with van der Waals surface area (Å²) in [5.74, 6) is 0. The van der Waals surface area contributed by atoms with Gasteiger partial charge in [0.2, 0.25) is 0 Å². The molecule has 0 N–H and O–H groups in total. The van der Waals surface area contributed by atoms with Crippen molar-refractivity contribution in [1.29, 1.82) is 0 Å². The summed E-state index contributed by atoms with van der Waals surface area (Å²) in [5.41, 5.74) is 0. The number of rotatable bonds is 2. The van der Waals surface area contributed by atoms with Gasteiger partial charge in [-0.15, -0.1) is 11.8 Å². The molecule has 0 fully saturated rings. The van der Waals surface area contributed by atoms with Crippen molar-refractivity contribution in [2.45, 2.75) is 6.92 Å². The molecule has 0 amide bonds. The molecule has 0 aliphatic carbocycles. The topological polar surface area (TPSA) is 0 Å². The average Bonchev–Trinajstić information content (AvgIpc) is 1.35. The van der Waals surface area contributed by atoms with Crippen LogP contribution in [0.25, 0.3) is 0 Å². The molecule has 0 rings (SSSR count). The van der Waals surface area contributed by atoms with Gasteiger partial charge in [0.25, 0.3) is 0 Å². The van der Waals surface area contributed by atoms with E-state index in [1.807, 2.05) is 6.92 Å². The molecular formula is C5H8S. The molecule has 0 aromatic rings. The first kappa shape index (κ1) is 5.83. The minimum Gasteiger partial charge on any atom is -0.104 e. The number of thioether (sulfide) groups is 1. The molecule has 0 heterocycles. The first-order valence-electron chi connectivity index (χ1n) is 1.70. The van der Waals surface area contributed by atoms with Crippen molar-refractivity contribution >= 4 is 11.8 Å². The molecule has 0 aliphatic heterocycles. The summed E-state index contributed by atoms with van der Waals surface area (Å²) >= 11 is 1.56. The van der Waals surface area contributed by atoms with Crippen LogP contribution in [0.4, 0.5) is 0 Å². The summed E-state index contributed by atoms with van der Waals surface area (Å²) in [4.78, 5) is 1.09. The van der Waals surface area contributed by atoms with Gasteiger partial charge in [0.1, 0.15) is 0 Å². The highest BCUT2D eigenvalue weighted by Gasteiger charge is 1.71. The van der Waals surface area contributed by atoms with E-state index in [1.54, 1.807) is 17.2 Å². The largest absolute Gasteiger partial charge is 0.104 e. The molecule has 0 nitrogen and oxygen atoms in total. The standard InChI is InChI=1S/C5H8S/c1-4-6-5(2)3/h4H,1-2H2,3H3. The van der Waals surface area contributed by atoms with Crippen LogP contribution < -0.4 is 0 Å². The van der Waals surface area contributed by atoms with E-state index in [0.29, 0.717) is 0 Å². The van der Waals surface area contributed by atoms with Gasteiger partial charge < -0.3 is 0 Å². The van der Waals surface area contributed by atoms with Gasteiger partial charge in [0.05, 0.1) is 0 Å². The van der Waals surface area contributed by atoms with Crippen LogP contribution in [-0.2, 0) is 0 Å². The smallest absolute Gasteiger partial charge is 0.0211 e. The van der Waals surface area contributed by atoms with Crippen molar-refractivity contribution in [3.63, 3.8) is 0 Å². The molecule has 0 aromatic heterocycles. The quantitative estimate of drug-likeness (QED) is 0.513. The van der Waals surface area contributed by atoms with Crippen molar-refractivity contribution in [3.05, 3.63) is 23.5 Å². The van der Waals surface area contributed by atoms with E-state index in [1.165, 1.54) is 0 Å². The van der Waals surface area contributed by atoms with Crippen LogP contribution in [0.3, 0.4) is 0 Å². The van der Waals surface area contributed by atoms with E-state index in [9.17, 15) is 0 Å². The summed E-state index contributed by atoms with van der Waals surface area (Å²) in [6.07, 6.45) is 0. The molecule has 0 radical (unpaired) electrons. The average molecular weight is 100 g/mol. The Balaban J connectivity index is 3.05. The molecule has 0 spiro atoms. The first-order valence-corrected chi connectivity index (χ1v) is 2.58. The Hall–Kier alpha value is -0.170. The van der Waals surface area contributed by atoms with Crippen LogP contribution in [0, 0.1) is 0 Å². The van der Waals surface area contributed by atoms with E-state index in [0.717, 1.165) is 4.91 Å². The second-order valence-electron chi connectivity index (χ2n) is 0.987. The summed E-state index contributed by atoms with van der Waals surface area (Å²) in [6, 6.07) is 0. The van der Waals surface area contributed by atoms with Gasteiger partial charge >= 0.3 is 0 Å². The Morgan fingerprint density at radius 2 is 2.33 bits per heavy atom. The minimum atomic E-state index is 1.09. The summed E-state index contributed by atoms with van der Waals surface area (Å²) in [7, 11) is 0. The van der Waals surface area contributed by atoms with Crippen LogP contribution in [0.2, 0.25) is 0 Å². The SMILES string of the molecule is C=CSC(=C)C. The summed E-state index contributed by atoms with van der Waals surface area (Å²) in [6.45, 7) is 9.09. The Kier molecular flexibility index (Phi) is 2.95. The van der Waals surface area contributed by atoms with Crippen LogP contribution in [0.1, 0.15) is 6.92 Å². The highest BCUT2D eigenvalue weighted by Crippen LogP contribution is 2.10. The van der Waals surface area contributed by atoms with E-state index >= 15 is 0 Å². The number of hydrogen-bond acceptors (Lipinski definition) is 1. The van der Waals surface area contributed by atoms with E-state index < -0.39 is 0 Å². The normalized spacial score (nSPS) is 7.50. The zero-order chi connectivity index (χ0) is 4.99. The first-order chi connectivity index (χ1) is 2.77. The lowest BCUT2D eigenvalue weighted by molar-refractivity contribution is 1.74. The van der Waals surface area contributed by atoms with Crippen molar-refractivity contribution in [1.82, 2.24) is 0 Å². The Morgan fingerprint density at radius 3 is 2.33 bits per heavy atom. The molecule has 0 aliphatic rings. The monoisotopic (exact) mass is 100 g/mol. The lowest BCUT2D eigenvalue weighted by Gasteiger charge is -1.82. The summed E-state index contributed by atoms with van der Waals surface area (Å²) in [5, 5.41) is 1.77. The van der Waals surface area contributed by atoms with Gasteiger partial charge in [-0.25, -0.2) is 0 Å². The predicted octanol–water partition coefficient (Wildman–Crippen LogP) is 2.40. The molecule has 6 heavy (non-hydrogen) atoms. The third-order valence-corrected chi connectivity index (χ3v) is 0.854. The van der Waals surface area contributed by atoms with Gasteiger partial charge in [-0.1, -0.05) is 13.2 Å². The van der Waals surface area contributed by atoms with E-state index in [2.05, 4.69) is 13.2 Å². The maximum atomic E-state index is 3.64. The fourth-order valence-electron chi connectivity index (χ4n) is 0.142. The lowest BCUT2D eigenvalue weighted by atomic mass is 10.8. The Labute approximate surface area is 42.9 Å². The predicted molar refractivity (Wildman–Crippen MR) is 32.6 cm³/mol. The van der Waals surface area contributed by atoms with Crippen LogP contribution in [0.15, 0.2) is 23.5 Å². The van der Waals surface area contributed by atoms with E-state index in [-0.39, 0.29) is 0 Å². The maximum Gasteiger partial charge on any atom is -0.0211 e. The molecule has 34 valence electrons. The highest BCUT2D eigenvalue weighted by molar-refractivity contribution is 8.05. The van der Waals surface area contributed by atoms with Gasteiger partial charge in [-0.3, -0.25) is 0 Å². The van der Waals surface area contributed by atoms with Crippen molar-refractivity contribution in [2.75, 3.05) is 0 Å². The summed E-state index contributed by atoms with van der Waals surface area (Å²) < 4.78 is 0. The fourth-order valence-corrected chi connectivity index (χ4v) is 0.427. The third kappa shape index (κ3) is 3.83. The molecule has 0 bridgehead atoms. The Morgan fingerprint density at radius 1 is 1.83 bits per heavy atom. The molecule has 0 unspecified atom stereocenters. The van der Waals surface area contributed by atoms with Crippen molar-refractivity contribution in [2.24, 2.45) is 0 Å². The molecule has 0 aromatic carbocycles. The van der Waals surface area contributed by atoms with Crippen LogP contribution in [-0.4, -0.2) is 0 Å². The van der Waals surface area contributed by atoms with Gasteiger partial charge in [0, 0.05) is 0 Å². The minimum absolute atomic E-state index is 1.09. The van der Waals surface area contributed by atoms with Gasteiger partial charge in [0.15, 0.2) is 0 Å². The molecular weight excluding hydrogens is 92.1 g/mol. The van der Waals surface area contributed by atoms with Gasteiger partial charge in [-0.05, 0) is 17.2 Å². The number of hydrogen-bond donors (Lipinski definition) is 0. The van der Waals surface area contributed by atoms with Crippen LogP contribution >= 0.6 is 11.8 Å². The number of allylic oxidation sites excluding steroid dienone is 1. The lowest BCUT2D eigenvalue weighted by Crippen LogP contribution is -1.48. The van der Waals surface area contributed by atoms with Gasteiger partial charge in [-0.2, -0.15) is 0 Å². The van der Waals surface area contributed by atoms with Crippen molar-refractivity contribution in [3.8, 4) is 0 Å². The molecule has 0 saturated heterocycles. The van der Waals surface area contributed by atoms with Crippen LogP contribution in [0.5, 0.6) is 0 Å². The zero-order valence-corrected chi connectivity index (χ0v) is 4.72. The third-order valence-electron chi connectivity index (χ3n) is 0.285. The zero-order valence-electron chi connectivity index (χ0n) is 3.90. The molecule has 1 heteroatoms. The van der Waals surface area contributed by atoms with E-state index in [4.69, 9.17) is 0 Å². The van der Waals surface area contributed by atoms with Crippen molar-refractivity contribution < 1.29 is 0 Å². The fraction of sp³-hybridized carbons (Fsp3) is 0.200. The molecule has 0 saturated carbocycles.